The summed E-state index contributed by atoms with van der Waals surface area (Å²) in [5, 5.41) is 0.310. The van der Waals surface area contributed by atoms with Crippen molar-refractivity contribution in [2.45, 2.75) is 37.5 Å². The van der Waals surface area contributed by atoms with Crippen LogP contribution in [0.3, 0.4) is 0 Å². The normalized spacial score (nSPS) is 32.8. The van der Waals surface area contributed by atoms with Crippen molar-refractivity contribution in [3.63, 3.8) is 0 Å². The Morgan fingerprint density at radius 2 is 2.11 bits per heavy atom. The van der Waals surface area contributed by atoms with Crippen LogP contribution in [0.25, 0.3) is 0 Å². The van der Waals surface area contributed by atoms with Crippen molar-refractivity contribution in [2.24, 2.45) is 0 Å². The highest BCUT2D eigenvalue weighted by Gasteiger charge is 2.00. The van der Waals surface area contributed by atoms with Gasteiger partial charge in [-0.15, -0.1) is 11.6 Å². The van der Waals surface area contributed by atoms with Gasteiger partial charge in [0.1, 0.15) is 0 Å². The predicted octanol–water partition coefficient (Wildman–Crippen LogP) is 3.11. The van der Waals surface area contributed by atoms with Crippen LogP contribution in [0.5, 0.6) is 0 Å². The second-order valence-corrected chi connectivity index (χ2v) is 3.14. The largest absolute Gasteiger partial charge is 0.118 e. The van der Waals surface area contributed by atoms with E-state index in [-0.39, 0.29) is 0 Å². The van der Waals surface area contributed by atoms with Gasteiger partial charge in [-0.05, 0) is 19.3 Å². The molecule has 0 aromatic carbocycles. The molecule has 0 saturated heterocycles. The molecule has 0 nitrogen and oxygen atoms in total. The standard InChI is InChI=1S/C8H13Cl/c9-8-6-4-2-1-3-5-7-8/h4,6,8H,1-3,5,7H2/b6-4-. The van der Waals surface area contributed by atoms with Crippen LogP contribution in [0, 0.1) is 0 Å². The molecule has 1 atom stereocenters. The molecular weight excluding hydrogens is 132 g/mol. The van der Waals surface area contributed by atoms with Crippen molar-refractivity contribution in [1.29, 1.82) is 0 Å². The zero-order valence-electron chi connectivity index (χ0n) is 5.65. The fraction of sp³-hybridized carbons (Fsp3) is 0.750. The van der Waals surface area contributed by atoms with Gasteiger partial charge in [-0.25, -0.2) is 0 Å². The number of hydrogen-bond acceptors (Lipinski definition) is 0. The van der Waals surface area contributed by atoms with Crippen molar-refractivity contribution in [1.82, 2.24) is 0 Å². The molecule has 0 aliphatic heterocycles. The number of allylic oxidation sites excluding steroid dienone is 2. The molecule has 1 aliphatic rings. The molecule has 1 rings (SSSR count). The van der Waals surface area contributed by atoms with Gasteiger partial charge in [-0.3, -0.25) is 0 Å². The summed E-state index contributed by atoms with van der Waals surface area (Å²) >= 11 is 5.91. The van der Waals surface area contributed by atoms with Crippen LogP contribution in [-0.4, -0.2) is 5.38 Å². The molecule has 0 N–H and O–H groups in total. The van der Waals surface area contributed by atoms with Crippen LogP contribution in [0.4, 0.5) is 0 Å². The Labute approximate surface area is 61.9 Å². The third-order valence-electron chi connectivity index (χ3n) is 1.70. The summed E-state index contributed by atoms with van der Waals surface area (Å²) in [6.45, 7) is 0. The molecule has 0 amide bonds. The summed E-state index contributed by atoms with van der Waals surface area (Å²) in [5.74, 6) is 0. The fourth-order valence-electron chi connectivity index (χ4n) is 1.12. The van der Waals surface area contributed by atoms with E-state index in [1.54, 1.807) is 0 Å². The molecule has 1 unspecified atom stereocenters. The Hall–Kier alpha value is 0.0300. The zero-order valence-corrected chi connectivity index (χ0v) is 6.40. The van der Waals surface area contributed by atoms with Crippen molar-refractivity contribution in [3.05, 3.63) is 12.2 Å². The highest BCUT2D eigenvalue weighted by molar-refractivity contribution is 6.21. The van der Waals surface area contributed by atoms with Crippen LogP contribution in [-0.2, 0) is 0 Å². The maximum Gasteiger partial charge on any atom is 0.0516 e. The van der Waals surface area contributed by atoms with Crippen molar-refractivity contribution in [3.8, 4) is 0 Å². The first kappa shape index (κ1) is 7.14. The summed E-state index contributed by atoms with van der Waals surface area (Å²) in [7, 11) is 0. The van der Waals surface area contributed by atoms with Crippen LogP contribution >= 0.6 is 11.6 Å². The van der Waals surface area contributed by atoms with E-state index < -0.39 is 0 Å². The third kappa shape index (κ3) is 2.90. The van der Waals surface area contributed by atoms with Crippen LogP contribution < -0.4 is 0 Å². The SMILES string of the molecule is ClC1/C=C\CCCCC1. The summed E-state index contributed by atoms with van der Waals surface area (Å²) in [5.41, 5.74) is 0. The van der Waals surface area contributed by atoms with E-state index in [4.69, 9.17) is 11.6 Å². The Morgan fingerprint density at radius 3 is 3.00 bits per heavy atom. The van der Waals surface area contributed by atoms with Crippen LogP contribution in [0.15, 0.2) is 12.2 Å². The lowest BCUT2D eigenvalue weighted by Crippen LogP contribution is -1.95. The van der Waals surface area contributed by atoms with Gasteiger partial charge in [0, 0.05) is 0 Å². The molecule has 1 heteroatoms. The van der Waals surface area contributed by atoms with Crippen LogP contribution in [0.1, 0.15) is 32.1 Å². The number of hydrogen-bond donors (Lipinski definition) is 0. The molecule has 0 aromatic heterocycles. The first-order valence-corrected chi connectivity index (χ1v) is 4.14. The highest BCUT2D eigenvalue weighted by atomic mass is 35.5. The Kier molecular flexibility index (Phi) is 3.13. The summed E-state index contributed by atoms with van der Waals surface area (Å²) in [6, 6.07) is 0. The molecule has 0 fully saturated rings. The Bertz CT molecular complexity index is 96.7. The average Bonchev–Trinajstić information content (AvgIpc) is 1.79. The molecule has 0 spiro atoms. The van der Waals surface area contributed by atoms with Gasteiger partial charge < -0.3 is 0 Å². The van der Waals surface area contributed by atoms with Gasteiger partial charge in [0.25, 0.3) is 0 Å². The number of rotatable bonds is 0. The van der Waals surface area contributed by atoms with E-state index in [1.807, 2.05) is 0 Å². The monoisotopic (exact) mass is 144 g/mol. The van der Waals surface area contributed by atoms with E-state index in [2.05, 4.69) is 12.2 Å². The molecule has 0 saturated carbocycles. The smallest absolute Gasteiger partial charge is 0.0516 e. The second kappa shape index (κ2) is 3.94. The van der Waals surface area contributed by atoms with E-state index in [1.165, 1.54) is 25.7 Å². The minimum absolute atomic E-state index is 0.310. The Balaban J connectivity index is 2.30. The van der Waals surface area contributed by atoms with Gasteiger partial charge in [0.05, 0.1) is 5.38 Å². The van der Waals surface area contributed by atoms with Crippen molar-refractivity contribution < 1.29 is 0 Å². The molecule has 9 heavy (non-hydrogen) atoms. The van der Waals surface area contributed by atoms with Crippen molar-refractivity contribution >= 4 is 11.6 Å². The maximum absolute atomic E-state index is 5.91. The summed E-state index contributed by atoms with van der Waals surface area (Å²) < 4.78 is 0. The predicted molar refractivity (Wildman–Crippen MR) is 41.9 cm³/mol. The molecular formula is C8H13Cl. The van der Waals surface area contributed by atoms with Gasteiger partial charge in [0.15, 0.2) is 0 Å². The maximum atomic E-state index is 5.91. The quantitative estimate of drug-likeness (QED) is 0.362. The zero-order chi connectivity index (χ0) is 6.53. The lowest BCUT2D eigenvalue weighted by molar-refractivity contribution is 0.641. The fourth-order valence-corrected chi connectivity index (χ4v) is 1.38. The number of alkyl halides is 1. The van der Waals surface area contributed by atoms with E-state index in [9.17, 15) is 0 Å². The van der Waals surface area contributed by atoms with E-state index in [0.29, 0.717) is 5.38 Å². The lowest BCUT2D eigenvalue weighted by Gasteiger charge is -2.06. The van der Waals surface area contributed by atoms with Gasteiger partial charge in [-0.2, -0.15) is 0 Å². The summed E-state index contributed by atoms with van der Waals surface area (Å²) in [6.07, 6.45) is 10.7. The van der Waals surface area contributed by atoms with E-state index >= 15 is 0 Å². The molecule has 0 radical (unpaired) electrons. The first-order valence-electron chi connectivity index (χ1n) is 3.70. The first-order chi connectivity index (χ1) is 4.39. The molecule has 0 aromatic rings. The minimum atomic E-state index is 0.310. The topological polar surface area (TPSA) is 0 Å². The molecule has 0 bridgehead atoms. The molecule has 0 heterocycles. The Morgan fingerprint density at radius 1 is 1.22 bits per heavy atom. The van der Waals surface area contributed by atoms with Crippen molar-refractivity contribution in [2.75, 3.05) is 0 Å². The van der Waals surface area contributed by atoms with E-state index in [0.717, 1.165) is 6.42 Å². The average molecular weight is 145 g/mol. The highest BCUT2D eigenvalue weighted by Crippen LogP contribution is 2.15. The molecule has 1 aliphatic carbocycles. The van der Waals surface area contributed by atoms with Gasteiger partial charge in [-0.1, -0.05) is 25.0 Å². The second-order valence-electron chi connectivity index (χ2n) is 2.58. The molecule has 52 valence electrons. The van der Waals surface area contributed by atoms with Gasteiger partial charge >= 0.3 is 0 Å². The third-order valence-corrected chi connectivity index (χ3v) is 2.06. The lowest BCUT2D eigenvalue weighted by atomic mass is 10.1. The van der Waals surface area contributed by atoms with Gasteiger partial charge in [0.2, 0.25) is 0 Å². The summed E-state index contributed by atoms with van der Waals surface area (Å²) in [4.78, 5) is 0. The number of halogens is 1. The van der Waals surface area contributed by atoms with Crippen LogP contribution in [0.2, 0.25) is 0 Å². The minimum Gasteiger partial charge on any atom is -0.118 e.